The van der Waals surface area contributed by atoms with Crippen molar-refractivity contribution in [3.05, 3.63) is 94.6 Å². The van der Waals surface area contributed by atoms with Crippen LogP contribution in [0.5, 0.6) is 5.75 Å². The second-order valence-corrected chi connectivity index (χ2v) is 8.50. The van der Waals surface area contributed by atoms with Gasteiger partial charge in [0.2, 0.25) is 6.41 Å². The number of anilines is 1. The molecule has 3 aromatic carbocycles. The normalized spacial score (nSPS) is 11.4. The summed E-state index contributed by atoms with van der Waals surface area (Å²) in [7, 11) is 0. The van der Waals surface area contributed by atoms with Gasteiger partial charge in [0.05, 0.1) is 5.69 Å². The Bertz CT molecular complexity index is 1030. The van der Waals surface area contributed by atoms with Crippen molar-refractivity contribution < 1.29 is 18.3 Å². The van der Waals surface area contributed by atoms with Crippen LogP contribution >= 0.6 is 0 Å². The van der Waals surface area contributed by atoms with Gasteiger partial charge in [-0.1, -0.05) is 37.3 Å². The summed E-state index contributed by atoms with van der Waals surface area (Å²) in [5.74, 6) is -0.0677. The summed E-state index contributed by atoms with van der Waals surface area (Å²) in [5.41, 5.74) is 5.69. The number of amides is 1. The Morgan fingerprint density at radius 3 is 2.39 bits per heavy atom. The molecular weight excluding hydrogens is 460 g/mol. The summed E-state index contributed by atoms with van der Waals surface area (Å²) in [6.07, 6.45) is 2.79. The zero-order chi connectivity index (χ0) is 26.2. The quantitative estimate of drug-likeness (QED) is 0.282. The molecule has 0 radical (unpaired) electrons. The van der Waals surface area contributed by atoms with E-state index in [1.165, 1.54) is 28.8 Å². The first-order valence-corrected chi connectivity index (χ1v) is 12.3. The number of halogens is 2. The molecule has 7 heteroatoms. The van der Waals surface area contributed by atoms with Crippen LogP contribution in [0.25, 0.3) is 0 Å². The molecule has 194 valence electrons. The number of benzene rings is 3. The maximum absolute atomic E-state index is 12.2. The zero-order valence-corrected chi connectivity index (χ0v) is 21.4. The summed E-state index contributed by atoms with van der Waals surface area (Å²) in [6, 6.07) is 18.2. The molecule has 0 atom stereocenters. The van der Waals surface area contributed by atoms with Crippen molar-refractivity contribution in [2.75, 3.05) is 31.6 Å². The molecule has 3 N–H and O–H groups in total. The average molecular weight is 498 g/mol. The Labute approximate surface area is 213 Å². The molecule has 0 aliphatic carbocycles. The fraction of sp³-hybridized carbons (Fsp3) is 0.345. The molecule has 0 saturated carbocycles. The largest absolute Gasteiger partial charge is 0.490 e. The SMILES string of the molecule is CCc1cccc(CNCCCNC=O)c1.Cc1cc(F)cc(F)c1.Cc1ccc2c(c1)NCCO2. The summed E-state index contributed by atoms with van der Waals surface area (Å²) in [4.78, 5) is 10.00. The summed E-state index contributed by atoms with van der Waals surface area (Å²) in [5, 5.41) is 9.28. The zero-order valence-electron chi connectivity index (χ0n) is 21.4. The first-order valence-electron chi connectivity index (χ1n) is 12.3. The molecule has 0 spiro atoms. The Kier molecular flexibility index (Phi) is 13.0. The van der Waals surface area contributed by atoms with Crippen molar-refractivity contribution in [2.45, 2.75) is 40.2 Å². The molecule has 1 aliphatic rings. The standard InChI is InChI=1S/C13H20N2O.C9H11NO.C7H6F2/c1-2-12-5-3-6-13(9-12)10-14-7-4-8-15-11-16;1-7-2-3-9-8(6-7)10-4-5-11-9;1-5-2-6(8)4-7(9)3-5/h3,5-6,9,11,14H,2,4,7-8,10H2,1H3,(H,15,16);2-3,6,10H,4-5H2,1H3;2-4H,1H3. The van der Waals surface area contributed by atoms with Crippen LogP contribution in [0.2, 0.25) is 0 Å². The molecule has 1 heterocycles. The molecule has 1 aliphatic heterocycles. The van der Waals surface area contributed by atoms with Crippen molar-refractivity contribution in [3.8, 4) is 5.75 Å². The van der Waals surface area contributed by atoms with Crippen LogP contribution in [-0.2, 0) is 17.8 Å². The average Bonchev–Trinajstić information content (AvgIpc) is 2.86. The van der Waals surface area contributed by atoms with Crippen molar-refractivity contribution in [1.82, 2.24) is 10.6 Å². The van der Waals surface area contributed by atoms with Crippen LogP contribution in [0.1, 0.15) is 35.6 Å². The van der Waals surface area contributed by atoms with E-state index in [0.29, 0.717) is 5.56 Å². The molecule has 0 bridgehead atoms. The number of carbonyl (C=O) groups is 1. The molecule has 0 saturated heterocycles. The van der Waals surface area contributed by atoms with Crippen LogP contribution in [0.3, 0.4) is 0 Å². The van der Waals surface area contributed by atoms with E-state index in [2.05, 4.69) is 66.2 Å². The number of nitrogens with one attached hydrogen (secondary N) is 3. The third-order valence-electron chi connectivity index (χ3n) is 5.30. The molecule has 0 aromatic heterocycles. The molecule has 36 heavy (non-hydrogen) atoms. The van der Waals surface area contributed by atoms with E-state index >= 15 is 0 Å². The minimum atomic E-state index is -0.521. The fourth-order valence-electron chi connectivity index (χ4n) is 3.51. The van der Waals surface area contributed by atoms with Crippen molar-refractivity contribution >= 4 is 12.1 Å². The van der Waals surface area contributed by atoms with E-state index < -0.39 is 11.6 Å². The Hall–Kier alpha value is -3.45. The molecule has 4 rings (SSSR count). The number of ether oxygens (including phenoxy) is 1. The second-order valence-electron chi connectivity index (χ2n) is 8.50. The molecule has 0 unspecified atom stereocenters. The number of rotatable bonds is 8. The van der Waals surface area contributed by atoms with Gasteiger partial charge in [-0.05, 0) is 79.8 Å². The number of aryl methyl sites for hydroxylation is 3. The lowest BCUT2D eigenvalue weighted by Gasteiger charge is -2.18. The van der Waals surface area contributed by atoms with Crippen molar-refractivity contribution in [3.63, 3.8) is 0 Å². The highest BCUT2D eigenvalue weighted by Gasteiger charge is 2.07. The van der Waals surface area contributed by atoms with E-state index in [0.717, 1.165) is 69.5 Å². The predicted molar refractivity (Wildman–Crippen MR) is 142 cm³/mol. The molecule has 0 fully saturated rings. The van der Waals surface area contributed by atoms with E-state index in [9.17, 15) is 13.6 Å². The maximum Gasteiger partial charge on any atom is 0.207 e. The number of hydrogen-bond acceptors (Lipinski definition) is 4. The Morgan fingerprint density at radius 1 is 0.944 bits per heavy atom. The van der Waals surface area contributed by atoms with Gasteiger partial charge in [0.1, 0.15) is 24.0 Å². The molecule has 5 nitrogen and oxygen atoms in total. The van der Waals surface area contributed by atoms with Crippen molar-refractivity contribution in [2.24, 2.45) is 0 Å². The number of carbonyl (C=O) groups excluding carboxylic acids is 1. The van der Waals surface area contributed by atoms with Gasteiger partial charge in [-0.25, -0.2) is 8.78 Å². The lowest BCUT2D eigenvalue weighted by Crippen LogP contribution is -2.20. The van der Waals surface area contributed by atoms with Gasteiger partial charge in [-0.2, -0.15) is 0 Å². The third-order valence-corrected chi connectivity index (χ3v) is 5.30. The first-order chi connectivity index (χ1) is 17.4. The lowest BCUT2D eigenvalue weighted by atomic mass is 10.1. The van der Waals surface area contributed by atoms with E-state index in [-0.39, 0.29) is 0 Å². The summed E-state index contributed by atoms with van der Waals surface area (Å²) >= 11 is 0. The highest BCUT2D eigenvalue weighted by molar-refractivity contribution is 5.59. The Morgan fingerprint density at radius 2 is 1.69 bits per heavy atom. The number of fused-ring (bicyclic) bond motifs is 1. The van der Waals surface area contributed by atoms with Crippen LogP contribution in [0, 0.1) is 25.5 Å². The fourth-order valence-corrected chi connectivity index (χ4v) is 3.51. The van der Waals surface area contributed by atoms with Crippen LogP contribution < -0.4 is 20.7 Å². The van der Waals surface area contributed by atoms with Gasteiger partial charge in [-0.15, -0.1) is 0 Å². The predicted octanol–water partition coefficient (Wildman–Crippen LogP) is 5.55. The van der Waals surface area contributed by atoms with E-state index in [4.69, 9.17) is 4.74 Å². The smallest absolute Gasteiger partial charge is 0.207 e. The van der Waals surface area contributed by atoms with Gasteiger partial charge in [0.15, 0.2) is 0 Å². The maximum atomic E-state index is 12.2. The highest BCUT2D eigenvalue weighted by Crippen LogP contribution is 2.27. The van der Waals surface area contributed by atoms with Gasteiger partial charge >= 0.3 is 0 Å². The number of hydrogen-bond donors (Lipinski definition) is 3. The summed E-state index contributed by atoms with van der Waals surface area (Å²) < 4.78 is 29.8. The monoisotopic (exact) mass is 497 g/mol. The van der Waals surface area contributed by atoms with Crippen LogP contribution in [0.4, 0.5) is 14.5 Å². The van der Waals surface area contributed by atoms with Gasteiger partial charge in [0.25, 0.3) is 0 Å². The van der Waals surface area contributed by atoms with Crippen LogP contribution in [-0.4, -0.2) is 32.7 Å². The van der Waals surface area contributed by atoms with Gasteiger partial charge in [0, 0.05) is 25.7 Å². The highest BCUT2D eigenvalue weighted by atomic mass is 19.1. The third kappa shape index (κ3) is 11.3. The second kappa shape index (κ2) is 16.3. The van der Waals surface area contributed by atoms with Gasteiger partial charge < -0.3 is 20.7 Å². The minimum Gasteiger partial charge on any atom is -0.490 e. The van der Waals surface area contributed by atoms with E-state index in [1.54, 1.807) is 6.92 Å². The van der Waals surface area contributed by atoms with Gasteiger partial charge in [-0.3, -0.25) is 4.79 Å². The van der Waals surface area contributed by atoms with Crippen LogP contribution in [0.15, 0.2) is 60.7 Å². The topological polar surface area (TPSA) is 62.4 Å². The Balaban J connectivity index is 0.000000199. The lowest BCUT2D eigenvalue weighted by molar-refractivity contribution is -0.109. The summed E-state index contributed by atoms with van der Waals surface area (Å²) in [6.45, 7) is 10.1. The van der Waals surface area contributed by atoms with Crippen molar-refractivity contribution in [1.29, 1.82) is 0 Å². The van der Waals surface area contributed by atoms with E-state index in [1.807, 2.05) is 6.07 Å². The molecule has 1 amide bonds. The molecular formula is C29H37F2N3O2. The molecule has 3 aromatic rings. The first kappa shape index (κ1) is 28.8. The minimum absolute atomic E-state index is 0.521.